The van der Waals surface area contributed by atoms with Gasteiger partial charge in [0.15, 0.2) is 0 Å². The average Bonchev–Trinajstić information content (AvgIpc) is 3.31. The maximum atomic E-state index is 13.6. The van der Waals surface area contributed by atoms with Gasteiger partial charge < -0.3 is 14.5 Å². The Bertz CT molecular complexity index is 1170. The molecule has 0 unspecified atom stereocenters. The molecular weight excluding hydrogens is 463 g/mol. The first kappa shape index (κ1) is 24.9. The third kappa shape index (κ3) is 6.09. The van der Waals surface area contributed by atoms with Gasteiger partial charge in [-0.3, -0.25) is 9.59 Å². The van der Waals surface area contributed by atoms with E-state index in [0.717, 1.165) is 17.5 Å². The number of fused-ring (bicyclic) bond motifs is 1. The number of thiophene rings is 1. The molecule has 1 aliphatic heterocycles. The van der Waals surface area contributed by atoms with Crippen molar-refractivity contribution < 1.29 is 18.7 Å². The lowest BCUT2D eigenvalue weighted by Gasteiger charge is -2.37. The van der Waals surface area contributed by atoms with Crippen LogP contribution in [0, 0.1) is 18.7 Å². The molecule has 5 nitrogen and oxygen atoms in total. The Balaban J connectivity index is 1.53. The van der Waals surface area contributed by atoms with E-state index >= 15 is 0 Å². The van der Waals surface area contributed by atoms with Crippen molar-refractivity contribution in [3.63, 3.8) is 0 Å². The number of benzene rings is 2. The summed E-state index contributed by atoms with van der Waals surface area (Å²) >= 11 is 1.67. The summed E-state index contributed by atoms with van der Waals surface area (Å²) in [6.07, 6.45) is 0.769. The van der Waals surface area contributed by atoms with Crippen molar-refractivity contribution in [1.82, 2.24) is 9.80 Å². The standard InChI is InChI=1S/C28H31FN2O3S/c1-19(2)16-30(28(33)21-9-7-20(3)8-10-21)17-27(32)31-13-11-26-24(12-14-35-26)25(31)18-34-23-6-4-5-22(29)15-23/h4-10,12,14-15,19,25H,11,13,16-18H2,1-3H3/t25-/m0/s1. The van der Waals surface area contributed by atoms with Gasteiger partial charge in [0.2, 0.25) is 5.91 Å². The molecule has 2 heterocycles. The van der Waals surface area contributed by atoms with Gasteiger partial charge in [-0.05, 0) is 60.5 Å². The maximum absolute atomic E-state index is 13.6. The number of carbonyl (C=O) groups is 2. The molecule has 0 fully saturated rings. The third-order valence-electron chi connectivity index (χ3n) is 6.12. The molecule has 0 saturated heterocycles. The SMILES string of the molecule is Cc1ccc(C(=O)N(CC(=O)N2CCc3sccc3[C@@H]2COc2cccc(F)c2)CC(C)C)cc1. The van der Waals surface area contributed by atoms with Crippen molar-refractivity contribution in [1.29, 1.82) is 0 Å². The molecule has 184 valence electrons. The van der Waals surface area contributed by atoms with Gasteiger partial charge >= 0.3 is 0 Å². The fourth-order valence-corrected chi connectivity index (χ4v) is 5.33. The molecule has 7 heteroatoms. The summed E-state index contributed by atoms with van der Waals surface area (Å²) in [5.74, 6) is 0.0164. The van der Waals surface area contributed by atoms with Crippen molar-refractivity contribution in [3.05, 3.63) is 87.4 Å². The number of hydrogen-bond acceptors (Lipinski definition) is 4. The van der Waals surface area contributed by atoms with Gasteiger partial charge in [0.1, 0.15) is 24.7 Å². The zero-order valence-corrected chi connectivity index (χ0v) is 21.2. The van der Waals surface area contributed by atoms with E-state index in [-0.39, 0.29) is 42.7 Å². The first-order chi connectivity index (χ1) is 16.8. The van der Waals surface area contributed by atoms with Crippen LogP contribution in [0.5, 0.6) is 5.75 Å². The molecule has 0 bridgehead atoms. The van der Waals surface area contributed by atoms with E-state index in [4.69, 9.17) is 4.74 Å². The van der Waals surface area contributed by atoms with Crippen LogP contribution in [0.2, 0.25) is 0 Å². The van der Waals surface area contributed by atoms with E-state index in [1.807, 2.05) is 61.4 Å². The molecule has 0 radical (unpaired) electrons. The molecule has 3 aromatic rings. The van der Waals surface area contributed by atoms with Crippen LogP contribution in [-0.4, -0.2) is 47.9 Å². The minimum atomic E-state index is -0.366. The topological polar surface area (TPSA) is 49.9 Å². The lowest BCUT2D eigenvalue weighted by Crippen LogP contribution is -2.48. The molecule has 0 spiro atoms. The fourth-order valence-electron chi connectivity index (χ4n) is 4.40. The monoisotopic (exact) mass is 494 g/mol. The van der Waals surface area contributed by atoms with Gasteiger partial charge in [0.05, 0.1) is 6.04 Å². The zero-order chi connectivity index (χ0) is 24.9. The second kappa shape index (κ2) is 11.0. The molecule has 1 aromatic heterocycles. The Morgan fingerprint density at radius 1 is 1.17 bits per heavy atom. The molecular formula is C28H31FN2O3S. The van der Waals surface area contributed by atoms with Crippen molar-refractivity contribution in [2.24, 2.45) is 5.92 Å². The van der Waals surface area contributed by atoms with Crippen LogP contribution in [-0.2, 0) is 11.2 Å². The predicted molar refractivity (Wildman–Crippen MR) is 136 cm³/mol. The summed E-state index contributed by atoms with van der Waals surface area (Å²) < 4.78 is 19.6. The van der Waals surface area contributed by atoms with Gasteiger partial charge in [-0.25, -0.2) is 4.39 Å². The van der Waals surface area contributed by atoms with Crippen molar-refractivity contribution in [2.75, 3.05) is 26.2 Å². The number of ether oxygens (including phenoxy) is 1. The van der Waals surface area contributed by atoms with E-state index in [0.29, 0.717) is 24.4 Å². The molecule has 0 N–H and O–H groups in total. The number of hydrogen-bond donors (Lipinski definition) is 0. The van der Waals surface area contributed by atoms with Crippen LogP contribution in [0.25, 0.3) is 0 Å². The Hall–Kier alpha value is -3.19. The number of aryl methyl sites for hydroxylation is 1. The smallest absolute Gasteiger partial charge is 0.254 e. The Morgan fingerprint density at radius 3 is 2.66 bits per heavy atom. The minimum absolute atomic E-state index is 0.000819. The van der Waals surface area contributed by atoms with Crippen LogP contribution >= 0.6 is 11.3 Å². The maximum Gasteiger partial charge on any atom is 0.254 e. The lowest BCUT2D eigenvalue weighted by molar-refractivity contribution is -0.135. The Morgan fingerprint density at radius 2 is 1.94 bits per heavy atom. The normalized spacial score (nSPS) is 15.1. The quantitative estimate of drug-likeness (QED) is 0.416. The van der Waals surface area contributed by atoms with E-state index in [1.165, 1.54) is 17.0 Å². The van der Waals surface area contributed by atoms with Crippen LogP contribution < -0.4 is 4.74 Å². The average molecular weight is 495 g/mol. The first-order valence-electron chi connectivity index (χ1n) is 11.9. The van der Waals surface area contributed by atoms with Crippen LogP contribution in [0.4, 0.5) is 4.39 Å². The van der Waals surface area contributed by atoms with Gasteiger partial charge in [-0.2, -0.15) is 0 Å². The summed E-state index contributed by atoms with van der Waals surface area (Å²) in [5.41, 5.74) is 2.72. The van der Waals surface area contributed by atoms with Crippen molar-refractivity contribution in [3.8, 4) is 5.75 Å². The van der Waals surface area contributed by atoms with E-state index in [2.05, 4.69) is 0 Å². The summed E-state index contributed by atoms with van der Waals surface area (Å²) in [6, 6.07) is 15.2. The molecule has 1 aliphatic rings. The van der Waals surface area contributed by atoms with Gasteiger partial charge in [-0.1, -0.05) is 37.6 Å². The first-order valence-corrected chi connectivity index (χ1v) is 12.8. The van der Waals surface area contributed by atoms with Gasteiger partial charge in [-0.15, -0.1) is 11.3 Å². The molecule has 2 aromatic carbocycles. The number of rotatable bonds is 8. The molecule has 0 aliphatic carbocycles. The van der Waals surface area contributed by atoms with Crippen molar-refractivity contribution >= 4 is 23.2 Å². The lowest BCUT2D eigenvalue weighted by atomic mass is 10.00. The summed E-state index contributed by atoms with van der Waals surface area (Å²) in [5, 5.41) is 2.03. The number of nitrogens with zero attached hydrogens (tertiary/aromatic N) is 2. The highest BCUT2D eigenvalue weighted by Gasteiger charge is 2.33. The summed E-state index contributed by atoms with van der Waals surface area (Å²) in [4.78, 5) is 31.6. The summed E-state index contributed by atoms with van der Waals surface area (Å²) in [6.45, 7) is 7.31. The largest absolute Gasteiger partial charge is 0.491 e. The fraction of sp³-hybridized carbons (Fsp3) is 0.357. The Labute approximate surface area is 210 Å². The molecule has 1 atom stereocenters. The number of halogens is 1. The number of amides is 2. The highest BCUT2D eigenvalue weighted by Crippen LogP contribution is 2.34. The Kier molecular flexibility index (Phi) is 7.86. The second-order valence-corrected chi connectivity index (χ2v) is 10.4. The highest BCUT2D eigenvalue weighted by atomic mass is 32.1. The van der Waals surface area contributed by atoms with Crippen LogP contribution in [0.1, 0.15) is 46.3 Å². The van der Waals surface area contributed by atoms with E-state index in [9.17, 15) is 14.0 Å². The molecule has 35 heavy (non-hydrogen) atoms. The van der Waals surface area contributed by atoms with Crippen LogP contribution in [0.15, 0.2) is 60.0 Å². The summed E-state index contributed by atoms with van der Waals surface area (Å²) in [7, 11) is 0. The third-order valence-corrected chi connectivity index (χ3v) is 7.11. The van der Waals surface area contributed by atoms with Crippen molar-refractivity contribution in [2.45, 2.75) is 33.2 Å². The molecule has 0 saturated carbocycles. The van der Waals surface area contributed by atoms with Gasteiger partial charge in [0.25, 0.3) is 5.91 Å². The zero-order valence-electron chi connectivity index (χ0n) is 20.4. The highest BCUT2D eigenvalue weighted by molar-refractivity contribution is 7.10. The predicted octanol–water partition coefficient (Wildman–Crippen LogP) is 5.50. The van der Waals surface area contributed by atoms with E-state index in [1.54, 1.807) is 28.4 Å². The van der Waals surface area contributed by atoms with Gasteiger partial charge in [0, 0.05) is 29.6 Å². The minimum Gasteiger partial charge on any atom is -0.491 e. The number of carbonyl (C=O) groups excluding carboxylic acids is 2. The molecule has 4 rings (SSSR count). The van der Waals surface area contributed by atoms with Crippen LogP contribution in [0.3, 0.4) is 0 Å². The second-order valence-electron chi connectivity index (χ2n) is 9.37. The molecule has 2 amide bonds. The van der Waals surface area contributed by atoms with E-state index < -0.39 is 0 Å².